The largest absolute Gasteiger partial charge is 0.462 e. The molecule has 2 aromatic carbocycles. The Bertz CT molecular complexity index is 906. The zero-order chi connectivity index (χ0) is 15.7. The first-order chi connectivity index (χ1) is 10.6. The number of aryl methyl sites for hydroxylation is 1. The molecule has 1 aromatic heterocycles. The van der Waals surface area contributed by atoms with Gasteiger partial charge in [-0.05, 0) is 38.1 Å². The molecule has 22 heavy (non-hydrogen) atoms. The second-order valence-corrected chi connectivity index (χ2v) is 5.02. The summed E-state index contributed by atoms with van der Waals surface area (Å²) in [5, 5.41) is 0. The van der Waals surface area contributed by atoms with Crippen LogP contribution in [0.5, 0.6) is 0 Å². The van der Waals surface area contributed by atoms with Gasteiger partial charge in [0.25, 0.3) is 0 Å². The van der Waals surface area contributed by atoms with E-state index in [9.17, 15) is 9.59 Å². The number of para-hydroxylation sites is 2. The van der Waals surface area contributed by atoms with Crippen molar-refractivity contribution in [3.8, 4) is 5.69 Å². The van der Waals surface area contributed by atoms with Crippen LogP contribution in [0.3, 0.4) is 0 Å². The number of hydrogen-bond donors (Lipinski definition) is 1. The number of aromatic amines is 1. The maximum Gasteiger partial charge on any atom is 0.340 e. The first-order valence-electron chi connectivity index (χ1n) is 7.09. The van der Waals surface area contributed by atoms with Gasteiger partial charge in [0, 0.05) is 0 Å². The van der Waals surface area contributed by atoms with Gasteiger partial charge in [-0.2, -0.15) is 0 Å². The molecule has 1 heterocycles. The van der Waals surface area contributed by atoms with Crippen LogP contribution < -0.4 is 5.69 Å². The lowest BCUT2D eigenvalue weighted by molar-refractivity contribution is 0.0526. The molecular formula is C17H16N2O3. The zero-order valence-corrected chi connectivity index (χ0v) is 12.4. The monoisotopic (exact) mass is 296 g/mol. The van der Waals surface area contributed by atoms with Crippen molar-refractivity contribution in [1.82, 2.24) is 9.55 Å². The number of carbonyl (C=O) groups excluding carboxylic acids is 1. The van der Waals surface area contributed by atoms with Crippen molar-refractivity contribution in [2.75, 3.05) is 6.61 Å². The first-order valence-corrected chi connectivity index (χ1v) is 7.09. The van der Waals surface area contributed by atoms with Crippen LogP contribution in [0.25, 0.3) is 16.7 Å². The predicted molar refractivity (Wildman–Crippen MR) is 84.6 cm³/mol. The summed E-state index contributed by atoms with van der Waals surface area (Å²) in [4.78, 5) is 27.3. The normalized spacial score (nSPS) is 10.8. The zero-order valence-electron chi connectivity index (χ0n) is 12.4. The number of hydrogen-bond acceptors (Lipinski definition) is 3. The van der Waals surface area contributed by atoms with Gasteiger partial charge < -0.3 is 9.72 Å². The second kappa shape index (κ2) is 5.52. The van der Waals surface area contributed by atoms with Crippen molar-refractivity contribution in [2.24, 2.45) is 0 Å². The quantitative estimate of drug-likeness (QED) is 0.756. The van der Waals surface area contributed by atoms with E-state index in [0.717, 1.165) is 16.6 Å². The smallest absolute Gasteiger partial charge is 0.340 e. The average molecular weight is 296 g/mol. The van der Waals surface area contributed by atoms with Gasteiger partial charge in [-0.15, -0.1) is 0 Å². The van der Waals surface area contributed by atoms with Crippen LogP contribution in [-0.4, -0.2) is 22.1 Å². The van der Waals surface area contributed by atoms with Crippen molar-refractivity contribution >= 4 is 17.0 Å². The van der Waals surface area contributed by atoms with Crippen LogP contribution in [0.15, 0.2) is 47.3 Å². The number of esters is 1. The van der Waals surface area contributed by atoms with Gasteiger partial charge in [-0.25, -0.2) is 9.59 Å². The van der Waals surface area contributed by atoms with Crippen LogP contribution in [0.4, 0.5) is 0 Å². The third kappa shape index (κ3) is 2.30. The number of nitrogens with zero attached hydrogens (tertiary/aromatic N) is 1. The van der Waals surface area contributed by atoms with Crippen LogP contribution in [0, 0.1) is 6.92 Å². The number of fused-ring (bicyclic) bond motifs is 1. The molecule has 0 atom stereocenters. The molecule has 3 rings (SSSR count). The van der Waals surface area contributed by atoms with E-state index >= 15 is 0 Å². The maximum absolute atomic E-state index is 12.3. The van der Waals surface area contributed by atoms with Gasteiger partial charge in [0.1, 0.15) is 0 Å². The van der Waals surface area contributed by atoms with Crippen molar-refractivity contribution in [3.05, 3.63) is 64.1 Å². The molecule has 5 heteroatoms. The topological polar surface area (TPSA) is 64.1 Å². The minimum Gasteiger partial charge on any atom is -0.462 e. The van der Waals surface area contributed by atoms with Crippen LogP contribution in [0.1, 0.15) is 22.8 Å². The predicted octanol–water partition coefficient (Wildman–Crippen LogP) is 2.80. The summed E-state index contributed by atoms with van der Waals surface area (Å²) in [7, 11) is 0. The highest BCUT2D eigenvalue weighted by Crippen LogP contribution is 2.21. The lowest BCUT2D eigenvalue weighted by Crippen LogP contribution is -2.18. The SMILES string of the molecule is CCOC(=O)c1cc(C)ccc1-n1c(=O)[nH]c2ccccc21. The molecule has 0 amide bonds. The number of carbonyl (C=O) groups is 1. The van der Waals surface area contributed by atoms with Crippen molar-refractivity contribution < 1.29 is 9.53 Å². The van der Waals surface area contributed by atoms with E-state index in [4.69, 9.17) is 4.74 Å². The molecule has 5 nitrogen and oxygen atoms in total. The van der Waals surface area contributed by atoms with E-state index in [1.807, 2.05) is 37.3 Å². The van der Waals surface area contributed by atoms with E-state index in [2.05, 4.69) is 4.98 Å². The fourth-order valence-corrected chi connectivity index (χ4v) is 2.51. The van der Waals surface area contributed by atoms with E-state index in [0.29, 0.717) is 11.3 Å². The molecule has 0 aliphatic rings. The molecule has 0 radical (unpaired) electrons. The minimum absolute atomic E-state index is 0.282. The number of rotatable bonds is 3. The standard InChI is InChI=1S/C17H16N2O3/c1-3-22-16(20)12-10-11(2)8-9-14(12)19-15-7-5-4-6-13(15)18-17(19)21/h4-10H,3H2,1-2H3,(H,18,21). The molecule has 0 fully saturated rings. The Kier molecular flexibility index (Phi) is 3.55. The highest BCUT2D eigenvalue weighted by Gasteiger charge is 2.17. The van der Waals surface area contributed by atoms with E-state index in [-0.39, 0.29) is 12.3 Å². The van der Waals surface area contributed by atoms with Crippen molar-refractivity contribution in [1.29, 1.82) is 0 Å². The summed E-state index contributed by atoms with van der Waals surface area (Å²) >= 11 is 0. The number of ether oxygens (including phenoxy) is 1. The van der Waals surface area contributed by atoms with Crippen molar-refractivity contribution in [3.63, 3.8) is 0 Å². The Balaban J connectivity index is 2.29. The molecule has 3 aromatic rings. The molecule has 112 valence electrons. The average Bonchev–Trinajstić information content (AvgIpc) is 2.83. The molecule has 0 aliphatic heterocycles. The minimum atomic E-state index is -0.432. The Morgan fingerprint density at radius 2 is 2.00 bits per heavy atom. The molecule has 0 saturated carbocycles. The Morgan fingerprint density at radius 3 is 2.77 bits per heavy atom. The number of nitrogens with one attached hydrogen (secondary N) is 1. The number of aromatic nitrogens is 2. The number of H-pyrrole nitrogens is 1. The summed E-state index contributed by atoms with van der Waals surface area (Å²) in [5.74, 6) is -0.432. The summed E-state index contributed by atoms with van der Waals surface area (Å²) in [6, 6.07) is 12.7. The Hall–Kier alpha value is -2.82. The molecule has 0 aliphatic carbocycles. The number of imidazole rings is 1. The summed E-state index contributed by atoms with van der Waals surface area (Å²) in [5.41, 5.74) is 3.00. The van der Waals surface area contributed by atoms with Crippen molar-refractivity contribution in [2.45, 2.75) is 13.8 Å². The summed E-state index contributed by atoms with van der Waals surface area (Å²) in [6.07, 6.45) is 0. The highest BCUT2D eigenvalue weighted by atomic mass is 16.5. The van der Waals surface area contributed by atoms with Gasteiger partial charge in [-0.3, -0.25) is 4.57 Å². The Morgan fingerprint density at radius 1 is 1.23 bits per heavy atom. The molecular weight excluding hydrogens is 280 g/mol. The fourth-order valence-electron chi connectivity index (χ4n) is 2.51. The summed E-state index contributed by atoms with van der Waals surface area (Å²) in [6.45, 7) is 3.94. The molecule has 0 unspecified atom stereocenters. The third-order valence-electron chi connectivity index (χ3n) is 3.48. The molecule has 0 saturated heterocycles. The maximum atomic E-state index is 12.3. The molecule has 0 bridgehead atoms. The Labute approximate surface area is 127 Å². The van der Waals surface area contributed by atoms with E-state index in [1.54, 1.807) is 19.1 Å². The van der Waals surface area contributed by atoms with E-state index < -0.39 is 5.97 Å². The summed E-state index contributed by atoms with van der Waals surface area (Å²) < 4.78 is 6.61. The lowest BCUT2D eigenvalue weighted by Gasteiger charge is -2.11. The van der Waals surface area contributed by atoms with Crippen LogP contribution in [0.2, 0.25) is 0 Å². The second-order valence-electron chi connectivity index (χ2n) is 5.02. The van der Waals surface area contributed by atoms with Gasteiger partial charge in [0.2, 0.25) is 0 Å². The highest BCUT2D eigenvalue weighted by molar-refractivity contribution is 5.94. The van der Waals surface area contributed by atoms with Crippen LogP contribution >= 0.6 is 0 Å². The van der Waals surface area contributed by atoms with Gasteiger partial charge in [0.05, 0.1) is 28.9 Å². The first kappa shape index (κ1) is 14.1. The van der Waals surface area contributed by atoms with E-state index in [1.165, 1.54) is 4.57 Å². The molecule has 0 spiro atoms. The fraction of sp³-hybridized carbons (Fsp3) is 0.176. The number of benzene rings is 2. The van der Waals surface area contributed by atoms with Gasteiger partial charge in [-0.1, -0.05) is 23.8 Å². The molecule has 1 N–H and O–H groups in total. The van der Waals surface area contributed by atoms with Gasteiger partial charge >= 0.3 is 11.7 Å². The van der Waals surface area contributed by atoms with Crippen LogP contribution in [-0.2, 0) is 4.74 Å². The lowest BCUT2D eigenvalue weighted by atomic mass is 10.1. The third-order valence-corrected chi connectivity index (χ3v) is 3.48. The van der Waals surface area contributed by atoms with Gasteiger partial charge in [0.15, 0.2) is 0 Å².